The smallest absolute Gasteiger partial charge is 0.126 e. The molecule has 5 heteroatoms. The summed E-state index contributed by atoms with van der Waals surface area (Å²) in [5.74, 6) is 0.208. The Morgan fingerprint density at radius 2 is 1.44 bits per heavy atom. The summed E-state index contributed by atoms with van der Waals surface area (Å²) in [5.41, 5.74) is 8.05. The quantitative estimate of drug-likeness (QED) is 0.148. The minimum atomic E-state index is 0.208. The van der Waals surface area contributed by atoms with E-state index in [4.69, 9.17) is 9.98 Å². The van der Waals surface area contributed by atoms with E-state index in [9.17, 15) is 5.11 Å². The van der Waals surface area contributed by atoms with Gasteiger partial charge in [-0.2, -0.15) is 0 Å². The van der Waals surface area contributed by atoms with Gasteiger partial charge in [0.1, 0.15) is 10.8 Å². The molecule has 41 heavy (non-hydrogen) atoms. The molecule has 1 heterocycles. The zero-order valence-corrected chi connectivity index (χ0v) is 24.8. The van der Waals surface area contributed by atoms with Crippen LogP contribution < -0.4 is 0 Å². The summed E-state index contributed by atoms with van der Waals surface area (Å²) in [7, 11) is 0. The van der Waals surface area contributed by atoms with Crippen molar-refractivity contribution < 1.29 is 5.11 Å². The highest BCUT2D eigenvalue weighted by atomic mass is 127. The molecule has 0 spiro atoms. The first-order valence-electron chi connectivity index (χ1n) is 13.2. The van der Waals surface area contributed by atoms with Crippen molar-refractivity contribution in [2.75, 3.05) is 0 Å². The fourth-order valence-electron chi connectivity index (χ4n) is 5.15. The molecule has 6 aromatic carbocycles. The van der Waals surface area contributed by atoms with E-state index >= 15 is 0 Å². The molecule has 7 aromatic rings. The van der Waals surface area contributed by atoms with Gasteiger partial charge >= 0.3 is 0 Å². The second-order valence-corrected chi connectivity index (χ2v) is 12.0. The van der Waals surface area contributed by atoms with Crippen molar-refractivity contribution in [1.29, 1.82) is 0 Å². The third-order valence-electron chi connectivity index (χ3n) is 7.15. The number of aromatic nitrogens is 1. The molecule has 0 aliphatic carbocycles. The Labute approximate surface area is 255 Å². The summed E-state index contributed by atoms with van der Waals surface area (Å²) >= 11 is 3.92. The Morgan fingerprint density at radius 3 is 2.34 bits per heavy atom. The molecule has 0 atom stereocenters. The van der Waals surface area contributed by atoms with Crippen LogP contribution in [0.1, 0.15) is 5.56 Å². The van der Waals surface area contributed by atoms with Crippen LogP contribution in [0.15, 0.2) is 132 Å². The van der Waals surface area contributed by atoms with Crippen molar-refractivity contribution in [2.45, 2.75) is 0 Å². The van der Waals surface area contributed by atoms with E-state index < -0.39 is 0 Å². The second kappa shape index (κ2) is 10.9. The number of aliphatic imine (C=N–C) groups is 1. The molecular weight excluding hydrogens is 635 g/mol. The van der Waals surface area contributed by atoms with Crippen LogP contribution in [0, 0.1) is 3.57 Å². The van der Waals surface area contributed by atoms with Gasteiger partial charge in [0, 0.05) is 26.5 Å². The highest BCUT2D eigenvalue weighted by Crippen LogP contribution is 2.42. The lowest BCUT2D eigenvalue weighted by Gasteiger charge is -2.10. The first-order chi connectivity index (χ1) is 20.1. The van der Waals surface area contributed by atoms with Crippen molar-refractivity contribution in [2.24, 2.45) is 4.99 Å². The first kappa shape index (κ1) is 25.6. The van der Waals surface area contributed by atoms with Crippen LogP contribution in [0.3, 0.4) is 0 Å². The minimum absolute atomic E-state index is 0.208. The standard InChI is InChI=1S/C36H23IN2OS/c37-27-17-18-33(40)26(19-27)22-38-32-16-7-6-14-30(32)36-39-35-31(24-9-2-1-3-10-24)20-25(21-34(35)41-36)29-15-8-12-23-11-4-5-13-28(23)29/h1-22,40H. The number of rotatable bonds is 5. The van der Waals surface area contributed by atoms with Crippen molar-refractivity contribution in [3.05, 3.63) is 137 Å². The van der Waals surface area contributed by atoms with Crippen LogP contribution >= 0.6 is 33.9 Å². The highest BCUT2D eigenvalue weighted by molar-refractivity contribution is 14.1. The van der Waals surface area contributed by atoms with Gasteiger partial charge in [0.05, 0.1) is 15.9 Å². The summed E-state index contributed by atoms with van der Waals surface area (Å²) in [5, 5.41) is 13.7. The molecule has 3 nitrogen and oxygen atoms in total. The number of phenolic OH excluding ortho intramolecular Hbond substituents is 1. The molecule has 0 radical (unpaired) electrons. The van der Waals surface area contributed by atoms with Crippen LogP contribution in [0.2, 0.25) is 0 Å². The van der Waals surface area contributed by atoms with E-state index in [1.807, 2.05) is 36.4 Å². The Hall–Kier alpha value is -4.33. The van der Waals surface area contributed by atoms with Gasteiger partial charge in [-0.05, 0) is 92.5 Å². The predicted molar refractivity (Wildman–Crippen MR) is 182 cm³/mol. The lowest BCUT2D eigenvalue weighted by Crippen LogP contribution is -1.86. The van der Waals surface area contributed by atoms with Gasteiger partial charge in [-0.15, -0.1) is 11.3 Å². The van der Waals surface area contributed by atoms with E-state index in [1.54, 1.807) is 23.6 Å². The molecular formula is C36H23IN2OS. The molecule has 0 aliphatic heterocycles. The number of benzene rings is 6. The molecule has 0 bridgehead atoms. The molecule has 0 saturated carbocycles. The monoisotopic (exact) mass is 658 g/mol. The Morgan fingerprint density at radius 1 is 0.683 bits per heavy atom. The van der Waals surface area contributed by atoms with E-state index in [1.165, 1.54) is 21.9 Å². The molecule has 0 aliphatic rings. The van der Waals surface area contributed by atoms with Gasteiger partial charge in [-0.25, -0.2) is 4.98 Å². The van der Waals surface area contributed by atoms with Crippen LogP contribution in [-0.2, 0) is 0 Å². The fraction of sp³-hybridized carbons (Fsp3) is 0. The van der Waals surface area contributed by atoms with E-state index in [2.05, 4.69) is 108 Å². The minimum Gasteiger partial charge on any atom is -0.507 e. The number of hydrogen-bond acceptors (Lipinski definition) is 4. The summed E-state index contributed by atoms with van der Waals surface area (Å²) < 4.78 is 2.16. The lowest BCUT2D eigenvalue weighted by atomic mass is 9.94. The van der Waals surface area contributed by atoms with Gasteiger partial charge < -0.3 is 5.11 Å². The largest absolute Gasteiger partial charge is 0.507 e. The maximum atomic E-state index is 10.3. The van der Waals surface area contributed by atoms with Gasteiger partial charge in [0.25, 0.3) is 0 Å². The number of nitrogens with zero attached hydrogens (tertiary/aromatic N) is 2. The zero-order valence-electron chi connectivity index (χ0n) is 21.8. The predicted octanol–water partition coefficient (Wildman–Crippen LogP) is 10.5. The van der Waals surface area contributed by atoms with Crippen molar-refractivity contribution in [3.63, 3.8) is 0 Å². The molecule has 1 aromatic heterocycles. The third kappa shape index (κ3) is 5.03. The van der Waals surface area contributed by atoms with Crippen molar-refractivity contribution in [1.82, 2.24) is 4.98 Å². The molecule has 196 valence electrons. The van der Waals surface area contributed by atoms with E-state index in [0.717, 1.165) is 41.2 Å². The zero-order chi connectivity index (χ0) is 27.8. The Balaban J connectivity index is 1.40. The van der Waals surface area contributed by atoms with E-state index in [0.29, 0.717) is 5.56 Å². The van der Waals surface area contributed by atoms with Crippen LogP contribution in [0.4, 0.5) is 5.69 Å². The van der Waals surface area contributed by atoms with Crippen LogP contribution in [-0.4, -0.2) is 16.3 Å². The average molecular weight is 659 g/mol. The molecule has 1 N–H and O–H groups in total. The maximum absolute atomic E-state index is 10.3. The number of hydrogen-bond donors (Lipinski definition) is 1. The average Bonchev–Trinajstić information content (AvgIpc) is 3.45. The maximum Gasteiger partial charge on any atom is 0.126 e. The number of halogens is 1. The topological polar surface area (TPSA) is 45.5 Å². The molecule has 0 fully saturated rings. The highest BCUT2D eigenvalue weighted by Gasteiger charge is 2.16. The van der Waals surface area contributed by atoms with Crippen LogP contribution in [0.5, 0.6) is 5.75 Å². The lowest BCUT2D eigenvalue weighted by molar-refractivity contribution is 0.474. The number of aromatic hydroxyl groups is 1. The molecule has 0 saturated heterocycles. The molecule has 0 unspecified atom stereocenters. The van der Waals surface area contributed by atoms with Gasteiger partial charge in [0.15, 0.2) is 0 Å². The molecule has 0 amide bonds. The van der Waals surface area contributed by atoms with Crippen molar-refractivity contribution >= 4 is 66.8 Å². The van der Waals surface area contributed by atoms with E-state index in [-0.39, 0.29) is 5.75 Å². The Bertz CT molecular complexity index is 2080. The van der Waals surface area contributed by atoms with Gasteiger partial charge in [-0.1, -0.05) is 84.9 Å². The summed E-state index contributed by atoms with van der Waals surface area (Å²) in [6.07, 6.45) is 1.72. The fourth-order valence-corrected chi connectivity index (χ4v) is 6.73. The van der Waals surface area contributed by atoms with Gasteiger partial charge in [0.2, 0.25) is 0 Å². The SMILES string of the molecule is Oc1ccc(I)cc1C=Nc1ccccc1-c1nc2c(-c3ccccc3)cc(-c3cccc4ccccc34)cc2s1. The second-order valence-electron chi connectivity index (χ2n) is 9.76. The number of fused-ring (bicyclic) bond motifs is 2. The summed E-state index contributed by atoms with van der Waals surface area (Å²) in [6, 6.07) is 43.6. The molecule has 7 rings (SSSR count). The van der Waals surface area contributed by atoms with Crippen LogP contribution in [0.25, 0.3) is 53.8 Å². The number of para-hydroxylation sites is 1. The van der Waals surface area contributed by atoms with Gasteiger partial charge in [-0.3, -0.25) is 4.99 Å². The first-order valence-corrected chi connectivity index (χ1v) is 15.1. The summed E-state index contributed by atoms with van der Waals surface area (Å²) in [6.45, 7) is 0. The normalized spacial score (nSPS) is 11.5. The Kier molecular flexibility index (Phi) is 6.82. The number of thiazole rings is 1. The van der Waals surface area contributed by atoms with Crippen molar-refractivity contribution in [3.8, 4) is 38.6 Å². The number of phenols is 1. The third-order valence-corrected chi connectivity index (χ3v) is 8.85. The summed E-state index contributed by atoms with van der Waals surface area (Å²) in [4.78, 5) is 9.98.